The van der Waals surface area contributed by atoms with Gasteiger partial charge in [-0.1, -0.05) is 18.2 Å². The van der Waals surface area contributed by atoms with Gasteiger partial charge in [0.05, 0.1) is 9.99 Å². The molecule has 3 aromatic heterocycles. The van der Waals surface area contributed by atoms with Crippen molar-refractivity contribution in [1.29, 1.82) is 0 Å². The number of aromatic nitrogens is 3. The molecular formula is C21H18BrN5O2. The van der Waals surface area contributed by atoms with Crippen LogP contribution in [0.4, 0.5) is 0 Å². The summed E-state index contributed by atoms with van der Waals surface area (Å²) in [5.74, 6) is -0.682. The molecule has 0 saturated heterocycles. The van der Waals surface area contributed by atoms with Gasteiger partial charge in [0.1, 0.15) is 11.7 Å². The lowest BCUT2D eigenvalue weighted by atomic mass is 10.0. The van der Waals surface area contributed by atoms with Gasteiger partial charge in [-0.2, -0.15) is 0 Å². The second-order valence-electron chi connectivity index (χ2n) is 6.59. The maximum Gasteiger partial charge on any atom is 0.270 e. The topological polar surface area (TPSA) is 99.8 Å². The minimum Gasteiger partial charge on any atom is -0.361 e. The van der Waals surface area contributed by atoms with Crippen molar-refractivity contribution in [2.45, 2.75) is 12.5 Å². The van der Waals surface area contributed by atoms with Gasteiger partial charge in [0.25, 0.3) is 5.91 Å². The number of fused-ring (bicyclic) bond motifs is 2. The number of carbonyl (C=O) groups is 2. The van der Waals surface area contributed by atoms with Crippen LogP contribution < -0.4 is 10.6 Å². The predicted molar refractivity (Wildman–Crippen MR) is 115 cm³/mol. The molecule has 0 bridgehead atoms. The van der Waals surface area contributed by atoms with Crippen molar-refractivity contribution in [3.8, 4) is 0 Å². The van der Waals surface area contributed by atoms with Crippen molar-refractivity contribution in [3.63, 3.8) is 0 Å². The fourth-order valence-electron chi connectivity index (χ4n) is 3.27. The highest BCUT2D eigenvalue weighted by molar-refractivity contribution is 9.10. The molecule has 4 rings (SSSR count). The zero-order valence-corrected chi connectivity index (χ0v) is 17.2. The first-order valence-corrected chi connectivity index (χ1v) is 9.84. The Bertz CT molecular complexity index is 1220. The van der Waals surface area contributed by atoms with Crippen LogP contribution in [0.2, 0.25) is 0 Å². The average Bonchev–Trinajstić information content (AvgIpc) is 3.15. The molecule has 1 aromatic carbocycles. The van der Waals surface area contributed by atoms with E-state index < -0.39 is 11.9 Å². The van der Waals surface area contributed by atoms with Gasteiger partial charge in [0.2, 0.25) is 5.91 Å². The molecule has 0 spiro atoms. The molecule has 1 unspecified atom stereocenters. The second-order valence-corrected chi connectivity index (χ2v) is 7.45. The number of para-hydroxylation sites is 1. The minimum atomic E-state index is -0.731. The maximum atomic E-state index is 12.8. The quantitative estimate of drug-likeness (QED) is 0.434. The number of halogens is 1. The number of pyridine rings is 2. The molecule has 0 aliphatic heterocycles. The van der Waals surface area contributed by atoms with Crippen LogP contribution in [0, 0.1) is 0 Å². The minimum absolute atomic E-state index is 0.234. The summed E-state index contributed by atoms with van der Waals surface area (Å²) in [5.41, 5.74) is 2.81. The van der Waals surface area contributed by atoms with Gasteiger partial charge in [0, 0.05) is 48.3 Å². The number of nitrogens with zero attached hydrogens (tertiary/aromatic N) is 2. The van der Waals surface area contributed by atoms with E-state index in [1.165, 1.54) is 0 Å². The summed E-state index contributed by atoms with van der Waals surface area (Å²) in [7, 11) is 1.55. The normalized spacial score (nSPS) is 12.1. The summed E-state index contributed by atoms with van der Waals surface area (Å²) in [6, 6.07) is 10.5. The Morgan fingerprint density at radius 1 is 1.17 bits per heavy atom. The number of rotatable bonds is 5. The summed E-state index contributed by atoms with van der Waals surface area (Å²) in [6.45, 7) is 0. The van der Waals surface area contributed by atoms with Crippen molar-refractivity contribution in [2.24, 2.45) is 0 Å². The van der Waals surface area contributed by atoms with Crippen LogP contribution in [0.15, 0.2) is 59.5 Å². The van der Waals surface area contributed by atoms with E-state index in [-0.39, 0.29) is 11.6 Å². The fourth-order valence-corrected chi connectivity index (χ4v) is 3.71. The highest BCUT2D eigenvalue weighted by Gasteiger charge is 2.23. The van der Waals surface area contributed by atoms with Gasteiger partial charge in [-0.25, -0.2) is 4.98 Å². The Labute approximate surface area is 175 Å². The number of amides is 2. The summed E-state index contributed by atoms with van der Waals surface area (Å²) in [4.78, 5) is 37.0. The lowest BCUT2D eigenvalue weighted by Gasteiger charge is -2.17. The van der Waals surface area contributed by atoms with E-state index in [2.05, 4.69) is 41.5 Å². The number of likely N-dealkylation sites (N-methyl/N-ethyl adjacent to an activating group) is 1. The molecule has 1 atom stereocenters. The van der Waals surface area contributed by atoms with Gasteiger partial charge in [0.15, 0.2) is 0 Å². The first-order chi connectivity index (χ1) is 14.1. The van der Waals surface area contributed by atoms with Crippen LogP contribution in [0.1, 0.15) is 16.1 Å². The fraction of sp³-hybridized carbons (Fsp3) is 0.143. The Morgan fingerprint density at radius 2 is 2.00 bits per heavy atom. The van der Waals surface area contributed by atoms with E-state index in [0.717, 1.165) is 21.9 Å². The Morgan fingerprint density at radius 3 is 2.83 bits per heavy atom. The molecule has 0 saturated carbocycles. The van der Waals surface area contributed by atoms with E-state index in [9.17, 15) is 9.59 Å². The summed E-state index contributed by atoms with van der Waals surface area (Å²) < 4.78 is 0.700. The van der Waals surface area contributed by atoms with Crippen molar-refractivity contribution in [1.82, 2.24) is 25.6 Å². The Kier molecular flexibility index (Phi) is 5.26. The molecule has 7 nitrogen and oxygen atoms in total. The van der Waals surface area contributed by atoms with E-state index in [1.54, 1.807) is 31.6 Å². The lowest BCUT2D eigenvalue weighted by Crippen LogP contribution is -2.47. The maximum absolute atomic E-state index is 12.8. The number of hydrogen-bond acceptors (Lipinski definition) is 4. The van der Waals surface area contributed by atoms with Crippen LogP contribution in [0.25, 0.3) is 21.8 Å². The zero-order chi connectivity index (χ0) is 20.4. The zero-order valence-electron chi connectivity index (χ0n) is 15.6. The lowest BCUT2D eigenvalue weighted by molar-refractivity contribution is -0.122. The number of hydrogen-bond donors (Lipinski definition) is 3. The largest absolute Gasteiger partial charge is 0.361 e. The molecule has 0 radical (unpaired) electrons. The molecule has 2 amide bonds. The molecule has 3 heterocycles. The average molecular weight is 452 g/mol. The van der Waals surface area contributed by atoms with Crippen LogP contribution in [-0.2, 0) is 11.2 Å². The molecular weight excluding hydrogens is 434 g/mol. The first-order valence-electron chi connectivity index (χ1n) is 9.04. The van der Waals surface area contributed by atoms with E-state index in [4.69, 9.17) is 0 Å². The molecule has 0 aliphatic carbocycles. The Hall–Kier alpha value is -3.26. The SMILES string of the molecule is CNC(=O)C(Cc1c[nH]c2ccccc12)NC(=O)c1ccc2cncc(Br)c2n1. The number of aromatic amines is 1. The third-order valence-corrected chi connectivity index (χ3v) is 5.33. The molecule has 146 valence electrons. The van der Waals surface area contributed by atoms with E-state index in [1.807, 2.05) is 30.5 Å². The number of carbonyl (C=O) groups excluding carboxylic acids is 2. The monoisotopic (exact) mass is 451 g/mol. The van der Waals surface area contributed by atoms with Gasteiger partial charge in [-0.05, 0) is 39.7 Å². The number of H-pyrrole nitrogens is 1. The highest BCUT2D eigenvalue weighted by atomic mass is 79.9. The molecule has 8 heteroatoms. The standard InChI is InChI=1S/C21H18BrN5O2/c1-23-20(28)18(8-13-10-25-16-5-3-2-4-14(13)16)27-21(29)17-7-6-12-9-24-11-15(22)19(12)26-17/h2-7,9-11,18,25H,8H2,1H3,(H,23,28)(H,27,29). The van der Waals surface area contributed by atoms with Gasteiger partial charge < -0.3 is 15.6 Å². The van der Waals surface area contributed by atoms with Crippen molar-refractivity contribution < 1.29 is 9.59 Å². The summed E-state index contributed by atoms with van der Waals surface area (Å²) >= 11 is 3.40. The predicted octanol–water partition coefficient (Wildman–Crippen LogP) is 2.96. The molecule has 29 heavy (non-hydrogen) atoms. The van der Waals surface area contributed by atoms with Crippen molar-refractivity contribution >= 4 is 49.6 Å². The van der Waals surface area contributed by atoms with E-state index in [0.29, 0.717) is 16.4 Å². The van der Waals surface area contributed by atoms with Crippen molar-refractivity contribution in [3.05, 3.63) is 70.7 Å². The van der Waals surface area contributed by atoms with Crippen LogP contribution >= 0.6 is 15.9 Å². The first kappa shape index (κ1) is 19.1. The summed E-state index contributed by atoms with van der Waals surface area (Å²) in [5, 5.41) is 7.28. The number of benzene rings is 1. The van der Waals surface area contributed by atoms with Crippen LogP contribution in [-0.4, -0.2) is 39.9 Å². The smallest absolute Gasteiger partial charge is 0.270 e. The molecule has 0 fully saturated rings. The van der Waals surface area contributed by atoms with Crippen LogP contribution in [0.5, 0.6) is 0 Å². The highest BCUT2D eigenvalue weighted by Crippen LogP contribution is 2.21. The molecule has 0 aliphatic rings. The second kappa shape index (κ2) is 8.00. The van der Waals surface area contributed by atoms with Gasteiger partial charge >= 0.3 is 0 Å². The third-order valence-electron chi connectivity index (χ3n) is 4.75. The Balaban J connectivity index is 1.60. The molecule has 4 aromatic rings. The van der Waals surface area contributed by atoms with E-state index >= 15 is 0 Å². The summed E-state index contributed by atoms with van der Waals surface area (Å²) in [6.07, 6.45) is 5.53. The van der Waals surface area contributed by atoms with Gasteiger partial charge in [-0.3, -0.25) is 14.6 Å². The number of nitrogens with one attached hydrogen (secondary N) is 3. The van der Waals surface area contributed by atoms with Crippen molar-refractivity contribution in [2.75, 3.05) is 7.05 Å². The van der Waals surface area contributed by atoms with Gasteiger partial charge in [-0.15, -0.1) is 0 Å². The van der Waals surface area contributed by atoms with Crippen LogP contribution in [0.3, 0.4) is 0 Å². The third kappa shape index (κ3) is 3.84. The molecule has 3 N–H and O–H groups in total.